The zero-order valence-corrected chi connectivity index (χ0v) is 31.8. The van der Waals surface area contributed by atoms with Crippen LogP contribution in [0.1, 0.15) is 60.6 Å². The van der Waals surface area contributed by atoms with E-state index in [2.05, 4.69) is 48.2 Å². The Bertz CT molecular complexity index is 1920. The number of benzene rings is 2. The number of nitrogen functional groups attached to an aromatic ring is 1. The summed E-state index contributed by atoms with van der Waals surface area (Å²) in [7, 11) is 0. The van der Waals surface area contributed by atoms with Crippen LogP contribution in [0.25, 0.3) is 0 Å². The Hall–Kier alpha value is -3.96. The third-order valence-electron chi connectivity index (χ3n) is 7.11. The van der Waals surface area contributed by atoms with Crippen molar-refractivity contribution in [2.45, 2.75) is 54.6 Å². The van der Waals surface area contributed by atoms with Crippen LogP contribution in [0, 0.1) is 25.7 Å². The van der Waals surface area contributed by atoms with E-state index in [1.807, 2.05) is 54.9 Å². The van der Waals surface area contributed by atoms with E-state index in [-0.39, 0.29) is 21.6 Å². The summed E-state index contributed by atoms with van der Waals surface area (Å²) in [6.07, 6.45) is 1.36. The van der Waals surface area contributed by atoms with Crippen LogP contribution in [0.2, 0.25) is 20.2 Å². The molecule has 0 unspecified atom stereocenters. The van der Waals surface area contributed by atoms with Crippen LogP contribution in [0.4, 0.5) is 11.6 Å². The molecule has 0 saturated carbocycles. The monoisotopic (exact) mass is 759 g/mol. The topological polar surface area (TPSA) is 122 Å². The van der Waals surface area contributed by atoms with Crippen LogP contribution in [0.5, 0.6) is 11.5 Å². The maximum Gasteiger partial charge on any atom is 0.258 e. The van der Waals surface area contributed by atoms with Crippen molar-refractivity contribution < 1.29 is 14.3 Å². The van der Waals surface area contributed by atoms with Gasteiger partial charge in [-0.15, -0.1) is 0 Å². The Balaban J connectivity index is 0.000000244. The Labute approximate surface area is 312 Å². The molecule has 1 amide bonds. The van der Waals surface area contributed by atoms with Crippen LogP contribution < -0.4 is 20.5 Å². The lowest BCUT2D eigenvalue weighted by Gasteiger charge is -2.14. The summed E-state index contributed by atoms with van der Waals surface area (Å²) in [5.74, 6) is 3.03. The molecule has 10 nitrogen and oxygen atoms in total. The van der Waals surface area contributed by atoms with Crippen molar-refractivity contribution in [2.24, 2.45) is 11.8 Å². The van der Waals surface area contributed by atoms with Gasteiger partial charge in [0.1, 0.15) is 22.5 Å². The van der Waals surface area contributed by atoms with Crippen LogP contribution in [0.15, 0.2) is 60.8 Å². The predicted molar refractivity (Wildman–Crippen MR) is 202 cm³/mol. The van der Waals surface area contributed by atoms with Gasteiger partial charge in [0, 0.05) is 50.9 Å². The van der Waals surface area contributed by atoms with Crippen molar-refractivity contribution in [3.63, 3.8) is 0 Å². The number of nitrogens with zero attached hydrogens (tertiary/aromatic N) is 5. The molecule has 0 radical (unpaired) electrons. The first-order valence-electron chi connectivity index (χ1n) is 16.0. The van der Waals surface area contributed by atoms with Crippen molar-refractivity contribution in [2.75, 3.05) is 24.3 Å². The van der Waals surface area contributed by atoms with E-state index in [9.17, 15) is 4.79 Å². The van der Waals surface area contributed by atoms with Crippen molar-refractivity contribution in [1.82, 2.24) is 24.5 Å². The maximum absolute atomic E-state index is 12.5. The molecule has 0 atom stereocenters. The first-order chi connectivity index (χ1) is 23.7. The second-order valence-electron chi connectivity index (χ2n) is 12.6. The number of carbonyl (C=O) groups is 1. The fraction of sp³-hybridized carbons (Fsp3) is 0.333. The van der Waals surface area contributed by atoms with Gasteiger partial charge in [0.25, 0.3) is 5.91 Å². The fourth-order valence-electron chi connectivity index (χ4n) is 4.62. The molecule has 3 heterocycles. The lowest BCUT2D eigenvalue weighted by molar-refractivity contribution is 0.102. The molecule has 0 spiro atoms. The number of ether oxygens (including phenoxy) is 2. The number of halogens is 4. The number of amides is 1. The highest BCUT2D eigenvalue weighted by Gasteiger charge is 2.15. The number of aryl methyl sites for hydroxylation is 2. The number of rotatable bonds is 12. The Morgan fingerprint density at radius 2 is 1.30 bits per heavy atom. The standard InChI is InChI=1S/C21H21Cl3N4O2.C15H20ClN3O/c1-12(2)11-30-18-5-4-16(22)7-15(18)10-28-13(3)6-19(27-28)26-21(29)14-8-17(23)20(24)25-9-14;1-10(2)9-20-14-5-4-13(16)7-12(14)8-19-11(3)6-15(17)18-19/h4-9,12H,10-11H2,1-3H3,(H,26,27,29);4-7,10H,8-9H2,1-3H3,(H2,17,18). The summed E-state index contributed by atoms with van der Waals surface area (Å²) in [5, 5.41) is 13.2. The number of hydrogen-bond acceptors (Lipinski definition) is 7. The second kappa shape index (κ2) is 17.8. The summed E-state index contributed by atoms with van der Waals surface area (Å²) < 4.78 is 15.4. The molecule has 2 aromatic carbocycles. The van der Waals surface area contributed by atoms with Gasteiger partial charge in [0.2, 0.25) is 0 Å². The van der Waals surface area contributed by atoms with Crippen molar-refractivity contribution in [3.05, 3.63) is 109 Å². The van der Waals surface area contributed by atoms with Crippen LogP contribution >= 0.6 is 46.4 Å². The van der Waals surface area contributed by atoms with Gasteiger partial charge in [-0.3, -0.25) is 14.2 Å². The lowest BCUT2D eigenvalue weighted by Crippen LogP contribution is -2.13. The van der Waals surface area contributed by atoms with E-state index < -0.39 is 0 Å². The number of anilines is 2. The molecule has 0 aliphatic heterocycles. The third-order valence-corrected chi connectivity index (χ3v) is 8.27. The molecule has 0 saturated heterocycles. The molecule has 266 valence electrons. The highest BCUT2D eigenvalue weighted by Crippen LogP contribution is 2.27. The molecular weight excluding hydrogens is 720 g/mol. The third kappa shape index (κ3) is 11.3. The van der Waals surface area contributed by atoms with E-state index in [1.54, 1.807) is 16.8 Å². The number of nitrogens with two attached hydrogens (primary N) is 1. The van der Waals surface area contributed by atoms with Gasteiger partial charge in [0.05, 0.1) is 36.9 Å². The van der Waals surface area contributed by atoms with Crippen LogP contribution in [-0.2, 0) is 13.1 Å². The second-order valence-corrected chi connectivity index (χ2v) is 14.2. The van der Waals surface area contributed by atoms with Gasteiger partial charge in [0.15, 0.2) is 5.82 Å². The smallest absolute Gasteiger partial charge is 0.258 e. The SMILES string of the molecule is Cc1cc(N)nn1Cc1cc(Cl)ccc1OCC(C)C.Cc1cc(NC(=O)c2cnc(Cl)c(Cl)c2)nn1Cc1cc(Cl)ccc1OCC(C)C. The lowest BCUT2D eigenvalue weighted by atomic mass is 10.2. The molecular formula is C36H41Cl4N7O3. The van der Waals surface area contributed by atoms with E-state index in [0.29, 0.717) is 59.8 Å². The summed E-state index contributed by atoms with van der Waals surface area (Å²) in [6.45, 7) is 14.6. The highest BCUT2D eigenvalue weighted by atomic mass is 35.5. The molecule has 14 heteroatoms. The number of aromatic nitrogens is 5. The van der Waals surface area contributed by atoms with Gasteiger partial charge in [-0.1, -0.05) is 74.1 Å². The molecule has 3 N–H and O–H groups in total. The molecule has 5 rings (SSSR count). The largest absolute Gasteiger partial charge is 0.493 e. The summed E-state index contributed by atoms with van der Waals surface area (Å²) in [4.78, 5) is 16.4. The van der Waals surface area contributed by atoms with Crippen LogP contribution in [-0.4, -0.2) is 43.7 Å². The Kier molecular flexibility index (Phi) is 13.8. The summed E-state index contributed by atoms with van der Waals surface area (Å²) in [5.41, 5.74) is 9.78. The van der Waals surface area contributed by atoms with E-state index >= 15 is 0 Å². The first kappa shape index (κ1) is 38.8. The number of hydrogen-bond donors (Lipinski definition) is 2. The summed E-state index contributed by atoms with van der Waals surface area (Å²) in [6, 6.07) is 16.3. The van der Waals surface area contributed by atoms with Gasteiger partial charge in [-0.2, -0.15) is 10.2 Å². The minimum atomic E-state index is -0.380. The minimum absolute atomic E-state index is 0.144. The molecule has 0 aliphatic carbocycles. The average molecular weight is 762 g/mol. The quantitative estimate of drug-likeness (QED) is 0.122. The number of carbonyl (C=O) groups excluding carboxylic acids is 1. The van der Waals surface area contributed by atoms with Crippen molar-refractivity contribution in [3.8, 4) is 11.5 Å². The summed E-state index contributed by atoms with van der Waals surface area (Å²) >= 11 is 24.0. The molecule has 3 aromatic heterocycles. The maximum atomic E-state index is 12.5. The zero-order valence-electron chi connectivity index (χ0n) is 28.8. The molecule has 5 aromatic rings. The van der Waals surface area contributed by atoms with E-state index in [4.69, 9.17) is 61.6 Å². The van der Waals surface area contributed by atoms with Crippen molar-refractivity contribution in [1.29, 1.82) is 0 Å². The normalized spacial score (nSPS) is 11.0. The highest BCUT2D eigenvalue weighted by molar-refractivity contribution is 6.41. The Morgan fingerprint density at radius 3 is 1.78 bits per heavy atom. The average Bonchev–Trinajstić information content (AvgIpc) is 3.55. The van der Waals surface area contributed by atoms with E-state index in [1.165, 1.54) is 12.3 Å². The van der Waals surface area contributed by atoms with Crippen molar-refractivity contribution >= 4 is 63.9 Å². The van der Waals surface area contributed by atoms with Gasteiger partial charge >= 0.3 is 0 Å². The minimum Gasteiger partial charge on any atom is -0.493 e. The predicted octanol–water partition coefficient (Wildman–Crippen LogP) is 9.39. The molecule has 0 aliphatic rings. The first-order valence-corrected chi connectivity index (χ1v) is 17.5. The Morgan fingerprint density at radius 1 is 0.780 bits per heavy atom. The molecule has 0 bridgehead atoms. The zero-order chi connectivity index (χ0) is 36.5. The van der Waals surface area contributed by atoms with Crippen LogP contribution in [0.3, 0.4) is 0 Å². The van der Waals surface area contributed by atoms with Gasteiger partial charge in [-0.25, -0.2) is 4.98 Å². The number of pyridine rings is 1. The van der Waals surface area contributed by atoms with Gasteiger partial charge in [-0.05, 0) is 68.1 Å². The molecule has 0 fully saturated rings. The van der Waals surface area contributed by atoms with Gasteiger partial charge < -0.3 is 20.5 Å². The molecule has 50 heavy (non-hydrogen) atoms. The fourth-order valence-corrected chi connectivity index (χ4v) is 5.28. The van der Waals surface area contributed by atoms with E-state index in [0.717, 1.165) is 34.0 Å². The number of nitrogens with one attached hydrogen (secondary N) is 1.